The van der Waals surface area contributed by atoms with Gasteiger partial charge in [0.2, 0.25) is 0 Å². The highest BCUT2D eigenvalue weighted by molar-refractivity contribution is 5.89. The molecule has 104 valence electrons. The van der Waals surface area contributed by atoms with E-state index in [2.05, 4.69) is 4.74 Å². The average molecular weight is 275 g/mol. The van der Waals surface area contributed by atoms with E-state index in [0.717, 1.165) is 0 Å². The van der Waals surface area contributed by atoms with Crippen molar-refractivity contribution in [2.24, 2.45) is 0 Å². The number of benzene rings is 1. The smallest absolute Gasteiger partial charge is 0.337 e. The van der Waals surface area contributed by atoms with Crippen molar-refractivity contribution in [3.63, 3.8) is 0 Å². The molecule has 0 aromatic heterocycles. The molecule has 0 aliphatic heterocycles. The first-order valence-electron chi connectivity index (χ1n) is 5.86. The number of hydrogen-bond donors (Lipinski definition) is 0. The van der Waals surface area contributed by atoms with Crippen LogP contribution in [0.3, 0.4) is 0 Å². The van der Waals surface area contributed by atoms with Gasteiger partial charge in [-0.15, -0.1) is 0 Å². The van der Waals surface area contributed by atoms with Crippen LogP contribution in [0, 0.1) is 10.1 Å². The fourth-order valence-electron chi connectivity index (χ4n) is 1.99. The lowest BCUT2D eigenvalue weighted by atomic mass is 10.1. The Morgan fingerprint density at radius 1 is 1.25 bits per heavy atom. The molecule has 1 aliphatic carbocycles. The van der Waals surface area contributed by atoms with E-state index >= 15 is 0 Å². The van der Waals surface area contributed by atoms with E-state index in [0.29, 0.717) is 16.0 Å². The molecule has 2 rings (SSSR count). The second-order valence-corrected chi connectivity index (χ2v) is 4.17. The lowest BCUT2D eigenvalue weighted by Gasteiger charge is -2.06. The lowest BCUT2D eigenvalue weighted by Crippen LogP contribution is -2.29. The molecule has 1 aliphatic rings. The molecule has 0 saturated heterocycles. The van der Waals surface area contributed by atoms with E-state index in [1.54, 1.807) is 24.3 Å². The van der Waals surface area contributed by atoms with Crippen LogP contribution < -0.4 is 10.4 Å². The van der Waals surface area contributed by atoms with E-state index in [-0.39, 0.29) is 5.76 Å². The highest BCUT2D eigenvalue weighted by atomic mass is 16.6. The number of rotatable bonds is 3. The van der Waals surface area contributed by atoms with Crippen molar-refractivity contribution in [1.82, 2.24) is 0 Å². The zero-order chi connectivity index (χ0) is 14.7. The van der Waals surface area contributed by atoms with Crippen LogP contribution in [0.2, 0.25) is 0 Å². The van der Waals surface area contributed by atoms with Gasteiger partial charge < -0.3 is 9.47 Å². The molecule has 1 aromatic rings. The Hall–Kier alpha value is -2.63. The van der Waals surface area contributed by atoms with Gasteiger partial charge in [0, 0.05) is 11.0 Å². The number of allylic oxidation sites excluding steroid dienone is 1. The van der Waals surface area contributed by atoms with Gasteiger partial charge in [-0.2, -0.15) is 0 Å². The van der Waals surface area contributed by atoms with Crippen molar-refractivity contribution >= 4 is 18.1 Å². The second-order valence-electron chi connectivity index (χ2n) is 4.17. The minimum atomic E-state index is -1.04. The molecule has 6 heteroatoms. The van der Waals surface area contributed by atoms with Crippen LogP contribution >= 0.6 is 0 Å². The zero-order valence-corrected chi connectivity index (χ0v) is 11.0. The summed E-state index contributed by atoms with van der Waals surface area (Å²) in [6.07, 6.45) is 4.71. The summed E-state index contributed by atoms with van der Waals surface area (Å²) in [4.78, 5) is 22.1. The Balaban J connectivity index is 2.62. The minimum absolute atomic E-state index is 0.241. The molecule has 6 nitrogen and oxygen atoms in total. The van der Waals surface area contributed by atoms with Gasteiger partial charge in [-0.05, 0) is 28.6 Å². The number of carbonyl (C=O) groups excluding carboxylic acids is 1. The van der Waals surface area contributed by atoms with Crippen LogP contribution in [0.15, 0.2) is 30.0 Å². The highest BCUT2D eigenvalue weighted by Crippen LogP contribution is 2.10. The Kier molecular flexibility index (Phi) is 3.84. The molecule has 1 atom stereocenters. The largest absolute Gasteiger partial charge is 0.494 e. The summed E-state index contributed by atoms with van der Waals surface area (Å²) in [7, 11) is 2.69. The van der Waals surface area contributed by atoms with Crippen LogP contribution in [-0.2, 0) is 9.47 Å². The third-order valence-electron chi connectivity index (χ3n) is 3.03. The molecule has 0 amide bonds. The number of hydrogen-bond acceptors (Lipinski definition) is 5. The van der Waals surface area contributed by atoms with Crippen LogP contribution in [0.5, 0.6) is 0 Å². The minimum Gasteiger partial charge on any atom is -0.494 e. The van der Waals surface area contributed by atoms with Gasteiger partial charge in [-0.3, -0.25) is 10.1 Å². The van der Waals surface area contributed by atoms with E-state index in [1.807, 2.05) is 0 Å². The van der Waals surface area contributed by atoms with Crippen LogP contribution in [0.25, 0.3) is 12.2 Å². The molecule has 0 bridgehead atoms. The molecule has 20 heavy (non-hydrogen) atoms. The topological polar surface area (TPSA) is 78.7 Å². The maximum Gasteiger partial charge on any atom is 0.337 e. The fourth-order valence-corrected chi connectivity index (χ4v) is 1.99. The number of ether oxygens (including phenoxy) is 2. The van der Waals surface area contributed by atoms with Gasteiger partial charge in [0.25, 0.3) is 6.04 Å². The second kappa shape index (κ2) is 5.56. The number of methoxy groups -OCH3 is 2. The Labute approximate surface area is 114 Å². The quantitative estimate of drug-likeness (QED) is 0.448. The predicted octanol–water partition coefficient (Wildman–Crippen LogP) is 0.223. The molecule has 1 aromatic carbocycles. The predicted molar refractivity (Wildman–Crippen MR) is 71.8 cm³/mol. The van der Waals surface area contributed by atoms with E-state index in [9.17, 15) is 14.9 Å². The molecular formula is C14H13NO5. The van der Waals surface area contributed by atoms with Crippen LogP contribution in [0.1, 0.15) is 10.4 Å². The summed E-state index contributed by atoms with van der Waals surface area (Å²) in [6.45, 7) is 0. The van der Waals surface area contributed by atoms with E-state index in [4.69, 9.17) is 4.74 Å². The first-order chi connectivity index (χ1) is 9.56. The Morgan fingerprint density at radius 2 is 2.00 bits per heavy atom. The highest BCUT2D eigenvalue weighted by Gasteiger charge is 2.24. The van der Waals surface area contributed by atoms with E-state index in [1.165, 1.54) is 26.4 Å². The van der Waals surface area contributed by atoms with E-state index < -0.39 is 16.9 Å². The average Bonchev–Trinajstić information content (AvgIpc) is 2.64. The van der Waals surface area contributed by atoms with Gasteiger partial charge in [0.15, 0.2) is 5.76 Å². The third kappa shape index (κ3) is 2.54. The molecule has 1 unspecified atom stereocenters. The number of fused-ring (bicyclic) bond motifs is 1. The third-order valence-corrected chi connectivity index (χ3v) is 3.03. The maximum absolute atomic E-state index is 11.5. The summed E-state index contributed by atoms with van der Waals surface area (Å²) in [5.41, 5.74) is 0.391. The molecular weight excluding hydrogens is 262 g/mol. The van der Waals surface area contributed by atoms with Gasteiger partial charge in [0.05, 0.1) is 19.8 Å². The van der Waals surface area contributed by atoms with Crippen LogP contribution in [-0.4, -0.2) is 31.2 Å². The molecule has 0 N–H and O–H groups in total. The number of nitro groups is 1. The van der Waals surface area contributed by atoms with Crippen molar-refractivity contribution < 1.29 is 19.2 Å². The van der Waals surface area contributed by atoms with Crippen molar-refractivity contribution in [3.05, 3.63) is 56.1 Å². The maximum atomic E-state index is 11.5. The molecule has 0 spiro atoms. The summed E-state index contributed by atoms with van der Waals surface area (Å²) in [5.74, 6) is -0.210. The van der Waals surface area contributed by atoms with Crippen molar-refractivity contribution in [2.45, 2.75) is 6.04 Å². The lowest BCUT2D eigenvalue weighted by molar-refractivity contribution is -0.499. The molecule has 0 fully saturated rings. The van der Waals surface area contributed by atoms with Crippen molar-refractivity contribution in [3.8, 4) is 0 Å². The molecule has 0 saturated carbocycles. The first kappa shape index (κ1) is 13.8. The number of nitrogens with zero attached hydrogens (tertiary/aromatic N) is 1. The molecule has 0 radical (unpaired) electrons. The molecule has 0 heterocycles. The Morgan fingerprint density at radius 3 is 2.60 bits per heavy atom. The number of carbonyl (C=O) groups is 1. The standard InChI is InChI=1S/C14H13NO5/c1-19-13-6-5-9-7-11(14(16)20-2)4-3-10(9)8-12(13)15(17)18/h3-8,12H,1-2H3. The SMILES string of the molecule is COC(=O)c1ccc2c(c1)=CC=C(OC)C([N+](=O)[O-])C=2. The normalized spacial score (nSPS) is 16.7. The van der Waals surface area contributed by atoms with Crippen molar-refractivity contribution in [2.75, 3.05) is 14.2 Å². The summed E-state index contributed by atoms with van der Waals surface area (Å²) in [6, 6.07) is 3.82. The summed E-state index contributed by atoms with van der Waals surface area (Å²) in [5, 5.41) is 12.4. The summed E-state index contributed by atoms with van der Waals surface area (Å²) >= 11 is 0. The number of esters is 1. The van der Waals surface area contributed by atoms with Crippen LogP contribution in [0.4, 0.5) is 0 Å². The van der Waals surface area contributed by atoms with Crippen molar-refractivity contribution in [1.29, 1.82) is 0 Å². The Bertz CT molecular complexity index is 705. The van der Waals surface area contributed by atoms with Gasteiger partial charge in [0.1, 0.15) is 0 Å². The van der Waals surface area contributed by atoms with Gasteiger partial charge >= 0.3 is 5.97 Å². The summed E-state index contributed by atoms with van der Waals surface area (Å²) < 4.78 is 9.69. The zero-order valence-electron chi connectivity index (χ0n) is 11.0. The van der Waals surface area contributed by atoms with Gasteiger partial charge in [-0.25, -0.2) is 4.79 Å². The monoisotopic (exact) mass is 275 g/mol. The van der Waals surface area contributed by atoms with Gasteiger partial charge in [-0.1, -0.05) is 12.1 Å². The first-order valence-corrected chi connectivity index (χ1v) is 5.86. The fraction of sp³-hybridized carbons (Fsp3) is 0.214.